The van der Waals surface area contributed by atoms with Gasteiger partial charge in [-0.1, -0.05) is 35.9 Å². The lowest BCUT2D eigenvalue weighted by molar-refractivity contribution is 0.124. The maximum atomic E-state index is 12.2. The summed E-state index contributed by atoms with van der Waals surface area (Å²) in [6.07, 6.45) is -1.08. The Hall–Kier alpha value is -1.85. The van der Waals surface area contributed by atoms with Crippen molar-refractivity contribution in [3.63, 3.8) is 0 Å². The molecule has 4 nitrogen and oxygen atoms in total. The van der Waals surface area contributed by atoms with Crippen LogP contribution in [0.5, 0.6) is 5.75 Å². The van der Waals surface area contributed by atoms with Gasteiger partial charge in [0, 0.05) is 0 Å². The molecule has 0 saturated heterocycles. The normalized spacial score (nSPS) is 12.9. The lowest BCUT2D eigenvalue weighted by atomic mass is 10.2. The minimum absolute atomic E-state index is 0.0596. The molecule has 2 rings (SSSR count). The van der Waals surface area contributed by atoms with E-state index >= 15 is 0 Å². The number of para-hydroxylation sites is 1. The maximum absolute atomic E-state index is 12.2. The number of aliphatic hydroxyl groups is 1. The van der Waals surface area contributed by atoms with Gasteiger partial charge in [0.25, 0.3) is 0 Å². The van der Waals surface area contributed by atoms with Crippen molar-refractivity contribution in [2.45, 2.75) is 24.8 Å². The summed E-state index contributed by atoms with van der Waals surface area (Å²) < 4.78 is 29.9. The van der Waals surface area contributed by atoms with Crippen LogP contribution < -0.4 is 4.74 Å². The van der Waals surface area contributed by atoms with Gasteiger partial charge in [-0.3, -0.25) is 0 Å². The number of ether oxygens (including phenoxy) is 1. The molecular formula is C17H20O4S. The van der Waals surface area contributed by atoms with Gasteiger partial charge in [-0.15, -0.1) is 0 Å². The van der Waals surface area contributed by atoms with Gasteiger partial charge in [0.1, 0.15) is 18.5 Å². The van der Waals surface area contributed by atoms with Crippen LogP contribution in [0.2, 0.25) is 0 Å². The van der Waals surface area contributed by atoms with Crippen LogP contribution in [0.1, 0.15) is 11.1 Å². The second kappa shape index (κ2) is 6.94. The second-order valence-electron chi connectivity index (χ2n) is 5.32. The Morgan fingerprint density at radius 3 is 2.32 bits per heavy atom. The van der Waals surface area contributed by atoms with E-state index in [1.54, 1.807) is 30.3 Å². The Labute approximate surface area is 131 Å². The molecule has 1 N–H and O–H groups in total. The van der Waals surface area contributed by atoms with E-state index < -0.39 is 15.9 Å². The average Bonchev–Trinajstić information content (AvgIpc) is 2.46. The fourth-order valence-electron chi connectivity index (χ4n) is 2.05. The lowest BCUT2D eigenvalue weighted by Crippen LogP contribution is -2.27. The van der Waals surface area contributed by atoms with E-state index in [1.807, 2.05) is 32.0 Å². The molecule has 0 spiro atoms. The van der Waals surface area contributed by atoms with E-state index in [4.69, 9.17) is 4.74 Å². The van der Waals surface area contributed by atoms with Crippen molar-refractivity contribution in [2.24, 2.45) is 0 Å². The van der Waals surface area contributed by atoms with Gasteiger partial charge < -0.3 is 9.84 Å². The predicted molar refractivity (Wildman–Crippen MR) is 85.9 cm³/mol. The molecule has 1 atom stereocenters. The molecule has 118 valence electrons. The van der Waals surface area contributed by atoms with Crippen molar-refractivity contribution >= 4 is 9.84 Å². The predicted octanol–water partition coefficient (Wildman–Crippen LogP) is 2.52. The number of hydrogen-bond donors (Lipinski definition) is 1. The zero-order chi connectivity index (χ0) is 16.2. The molecule has 0 bridgehead atoms. The molecule has 0 aromatic heterocycles. The summed E-state index contributed by atoms with van der Waals surface area (Å²) in [5.74, 6) is 0.288. The Balaban J connectivity index is 1.98. The Bertz CT molecular complexity index is 721. The second-order valence-corrected chi connectivity index (χ2v) is 7.36. The van der Waals surface area contributed by atoms with Crippen molar-refractivity contribution < 1.29 is 18.3 Å². The number of sulfone groups is 1. The van der Waals surface area contributed by atoms with Crippen LogP contribution in [0.15, 0.2) is 53.4 Å². The molecular weight excluding hydrogens is 300 g/mol. The standard InChI is InChI=1S/C17H20O4S/c1-13-7-9-16(10-8-13)22(19,20)12-15(18)11-21-17-6-4-3-5-14(17)2/h3-10,15,18H,11-12H2,1-2H3. The monoisotopic (exact) mass is 320 g/mol. The van der Waals surface area contributed by atoms with Crippen LogP contribution >= 0.6 is 0 Å². The summed E-state index contributed by atoms with van der Waals surface area (Å²) in [5.41, 5.74) is 1.93. The van der Waals surface area contributed by atoms with E-state index in [1.165, 1.54) is 0 Å². The molecule has 1 unspecified atom stereocenters. The first-order chi connectivity index (χ1) is 10.4. The Morgan fingerprint density at radius 2 is 1.68 bits per heavy atom. The van der Waals surface area contributed by atoms with E-state index in [-0.39, 0.29) is 17.3 Å². The lowest BCUT2D eigenvalue weighted by Gasteiger charge is -2.14. The van der Waals surface area contributed by atoms with Crippen molar-refractivity contribution in [1.82, 2.24) is 0 Å². The third-order valence-electron chi connectivity index (χ3n) is 3.32. The number of rotatable bonds is 6. The SMILES string of the molecule is Cc1ccc(S(=O)(=O)CC(O)COc2ccccc2C)cc1. The van der Waals surface area contributed by atoms with Gasteiger partial charge in [-0.25, -0.2) is 8.42 Å². The minimum atomic E-state index is -3.52. The molecule has 0 amide bonds. The summed E-state index contributed by atoms with van der Waals surface area (Å²) in [4.78, 5) is 0.216. The van der Waals surface area contributed by atoms with E-state index in [9.17, 15) is 13.5 Å². The largest absolute Gasteiger partial charge is 0.491 e. The van der Waals surface area contributed by atoms with Gasteiger partial charge in [0.2, 0.25) is 0 Å². The summed E-state index contributed by atoms with van der Waals surface area (Å²) in [7, 11) is -3.52. The van der Waals surface area contributed by atoms with Crippen LogP contribution in [0.3, 0.4) is 0 Å². The zero-order valence-corrected chi connectivity index (χ0v) is 13.5. The highest BCUT2D eigenvalue weighted by Crippen LogP contribution is 2.17. The van der Waals surface area contributed by atoms with E-state index in [0.29, 0.717) is 5.75 Å². The third-order valence-corrected chi connectivity index (χ3v) is 5.13. The third kappa shape index (κ3) is 4.32. The van der Waals surface area contributed by atoms with Crippen LogP contribution in [0.4, 0.5) is 0 Å². The average molecular weight is 320 g/mol. The van der Waals surface area contributed by atoms with Gasteiger partial charge in [-0.2, -0.15) is 0 Å². The number of hydrogen-bond acceptors (Lipinski definition) is 4. The van der Waals surface area contributed by atoms with Gasteiger partial charge in [-0.05, 0) is 37.6 Å². The van der Waals surface area contributed by atoms with Crippen LogP contribution in [0.25, 0.3) is 0 Å². The smallest absolute Gasteiger partial charge is 0.181 e. The molecule has 2 aromatic carbocycles. The molecule has 2 aromatic rings. The first-order valence-corrected chi connectivity index (χ1v) is 8.69. The summed E-state index contributed by atoms with van der Waals surface area (Å²) in [6, 6.07) is 14.0. The first kappa shape index (κ1) is 16.5. The summed E-state index contributed by atoms with van der Waals surface area (Å²) in [6.45, 7) is 3.72. The number of aryl methyl sites for hydroxylation is 2. The fourth-order valence-corrected chi connectivity index (χ4v) is 3.39. The Morgan fingerprint density at radius 1 is 1.05 bits per heavy atom. The summed E-state index contributed by atoms with van der Waals surface area (Å²) >= 11 is 0. The molecule has 0 aliphatic rings. The molecule has 0 radical (unpaired) electrons. The zero-order valence-electron chi connectivity index (χ0n) is 12.7. The van der Waals surface area contributed by atoms with E-state index in [2.05, 4.69) is 0 Å². The van der Waals surface area contributed by atoms with Crippen molar-refractivity contribution in [2.75, 3.05) is 12.4 Å². The molecule has 0 saturated carbocycles. The molecule has 0 aliphatic carbocycles. The van der Waals surface area contributed by atoms with Crippen LogP contribution in [0, 0.1) is 13.8 Å². The van der Waals surface area contributed by atoms with Crippen molar-refractivity contribution in [3.05, 3.63) is 59.7 Å². The molecule has 0 aliphatic heterocycles. The van der Waals surface area contributed by atoms with Crippen molar-refractivity contribution in [1.29, 1.82) is 0 Å². The van der Waals surface area contributed by atoms with Crippen LogP contribution in [-0.4, -0.2) is 32.0 Å². The Kier molecular flexibility index (Phi) is 5.21. The maximum Gasteiger partial charge on any atom is 0.181 e. The molecule has 0 fully saturated rings. The van der Waals surface area contributed by atoms with E-state index in [0.717, 1.165) is 11.1 Å². The van der Waals surface area contributed by atoms with Gasteiger partial charge in [0.15, 0.2) is 9.84 Å². The highest BCUT2D eigenvalue weighted by molar-refractivity contribution is 7.91. The topological polar surface area (TPSA) is 63.6 Å². The molecule has 22 heavy (non-hydrogen) atoms. The number of aliphatic hydroxyl groups excluding tert-OH is 1. The fraction of sp³-hybridized carbons (Fsp3) is 0.294. The quantitative estimate of drug-likeness (QED) is 0.888. The summed E-state index contributed by atoms with van der Waals surface area (Å²) in [5, 5.41) is 9.95. The highest BCUT2D eigenvalue weighted by atomic mass is 32.2. The van der Waals surface area contributed by atoms with Crippen molar-refractivity contribution in [3.8, 4) is 5.75 Å². The first-order valence-electron chi connectivity index (χ1n) is 7.04. The van der Waals surface area contributed by atoms with Gasteiger partial charge in [0.05, 0.1) is 10.6 Å². The number of benzene rings is 2. The minimum Gasteiger partial charge on any atom is -0.491 e. The van der Waals surface area contributed by atoms with Crippen LogP contribution in [-0.2, 0) is 9.84 Å². The van der Waals surface area contributed by atoms with Gasteiger partial charge >= 0.3 is 0 Å². The molecule has 5 heteroatoms. The molecule has 0 heterocycles. The highest BCUT2D eigenvalue weighted by Gasteiger charge is 2.20.